The van der Waals surface area contributed by atoms with E-state index >= 15 is 0 Å². The Morgan fingerprint density at radius 1 is 0.846 bits per heavy atom. The average Bonchev–Trinajstić information content (AvgIpc) is 2.67. The number of rotatable bonds is 3. The minimum Gasteiger partial charge on any atom is -0.267 e. The Morgan fingerprint density at radius 2 is 1.42 bits per heavy atom. The third kappa shape index (κ3) is 3.20. The van der Waals surface area contributed by atoms with Crippen LogP contribution in [-0.2, 0) is 0 Å². The molecule has 1 amide bonds. The summed E-state index contributed by atoms with van der Waals surface area (Å²) in [6, 6.07) is 26.0. The van der Waals surface area contributed by atoms with Gasteiger partial charge in [-0.15, -0.1) is 0 Å². The van der Waals surface area contributed by atoms with Gasteiger partial charge in [0.25, 0.3) is 5.91 Å². The van der Waals surface area contributed by atoms with Crippen LogP contribution in [0.5, 0.6) is 0 Å². The lowest BCUT2D eigenvalue weighted by atomic mass is 9.97. The first-order chi connectivity index (χ1) is 12.7. The topological polar surface area (TPSA) is 41.5 Å². The number of amides is 1. The van der Waals surface area contributed by atoms with Gasteiger partial charge in [0.05, 0.1) is 11.8 Å². The first kappa shape index (κ1) is 16.7. The number of hydrogen-bond acceptors (Lipinski definition) is 2. The van der Waals surface area contributed by atoms with Gasteiger partial charge in [-0.2, -0.15) is 5.10 Å². The van der Waals surface area contributed by atoms with Gasteiger partial charge in [0.1, 0.15) is 0 Å². The van der Waals surface area contributed by atoms with E-state index in [1.54, 1.807) is 12.3 Å². The molecule has 0 atom stereocenters. The summed E-state index contributed by atoms with van der Waals surface area (Å²) >= 11 is 2.15. The van der Waals surface area contributed by atoms with Crippen LogP contribution in [-0.4, -0.2) is 12.1 Å². The summed E-state index contributed by atoms with van der Waals surface area (Å²) < 4.78 is 0.897. The molecule has 0 spiro atoms. The van der Waals surface area contributed by atoms with E-state index in [1.807, 2.05) is 42.5 Å². The smallest absolute Gasteiger partial charge is 0.267 e. The van der Waals surface area contributed by atoms with Crippen molar-refractivity contribution in [2.75, 3.05) is 0 Å². The lowest BCUT2D eigenvalue weighted by Gasteiger charge is -2.08. The van der Waals surface area contributed by atoms with Crippen LogP contribution in [0.15, 0.2) is 84.0 Å². The number of hydrogen-bond donors (Lipinski definition) is 1. The summed E-state index contributed by atoms with van der Waals surface area (Å²) in [6.45, 7) is 0. The standard InChI is InChI=1S/C22H15IN2O/c23-21-12-6-5-11-19(21)22(26)25-24-14-20-17-9-3-1-7-15(17)13-16-8-2-4-10-18(16)20/h1-14H,(H,25,26)/b24-14-. The normalized spacial score (nSPS) is 11.3. The van der Waals surface area contributed by atoms with Crippen LogP contribution in [0.4, 0.5) is 0 Å². The molecule has 0 aromatic heterocycles. The van der Waals surface area contributed by atoms with E-state index < -0.39 is 0 Å². The Labute approximate surface area is 164 Å². The van der Waals surface area contributed by atoms with E-state index in [2.05, 4.69) is 63.4 Å². The predicted molar refractivity (Wildman–Crippen MR) is 116 cm³/mol. The number of fused-ring (bicyclic) bond motifs is 2. The van der Waals surface area contributed by atoms with Crippen LogP contribution < -0.4 is 5.43 Å². The first-order valence-electron chi connectivity index (χ1n) is 8.22. The van der Waals surface area contributed by atoms with Crippen LogP contribution >= 0.6 is 22.6 Å². The Morgan fingerprint density at radius 3 is 2.08 bits per heavy atom. The van der Waals surface area contributed by atoms with Crippen molar-refractivity contribution in [2.24, 2.45) is 5.10 Å². The van der Waals surface area contributed by atoms with E-state index in [-0.39, 0.29) is 5.91 Å². The molecule has 4 heteroatoms. The van der Waals surface area contributed by atoms with Crippen molar-refractivity contribution >= 4 is 56.3 Å². The maximum Gasteiger partial charge on any atom is 0.272 e. The van der Waals surface area contributed by atoms with Gasteiger partial charge < -0.3 is 0 Å². The molecule has 0 aliphatic carbocycles. The molecule has 0 heterocycles. The Hall–Kier alpha value is -2.73. The Balaban J connectivity index is 1.73. The highest BCUT2D eigenvalue weighted by Crippen LogP contribution is 2.27. The third-order valence-corrected chi connectivity index (χ3v) is 5.23. The minimum absolute atomic E-state index is 0.212. The molecule has 4 aromatic carbocycles. The van der Waals surface area contributed by atoms with Gasteiger partial charge >= 0.3 is 0 Å². The number of nitrogens with one attached hydrogen (secondary N) is 1. The molecule has 26 heavy (non-hydrogen) atoms. The van der Waals surface area contributed by atoms with Crippen LogP contribution in [0, 0.1) is 3.57 Å². The lowest BCUT2D eigenvalue weighted by molar-refractivity contribution is 0.0954. The van der Waals surface area contributed by atoms with Gasteiger partial charge in [-0.25, -0.2) is 5.43 Å². The van der Waals surface area contributed by atoms with Crippen LogP contribution in [0.1, 0.15) is 15.9 Å². The monoisotopic (exact) mass is 450 g/mol. The van der Waals surface area contributed by atoms with Gasteiger partial charge in [-0.05, 0) is 62.3 Å². The second kappa shape index (κ2) is 7.25. The summed E-state index contributed by atoms with van der Waals surface area (Å²) in [7, 11) is 0. The predicted octanol–water partition coefficient (Wildman–Crippen LogP) is 5.36. The SMILES string of the molecule is O=C(N/N=C\c1c2ccccc2cc2ccccc12)c1ccccc1I. The summed E-state index contributed by atoms with van der Waals surface area (Å²) in [5.74, 6) is -0.212. The van der Waals surface area contributed by atoms with Crippen molar-refractivity contribution in [3.8, 4) is 0 Å². The van der Waals surface area contributed by atoms with E-state index in [1.165, 1.54) is 0 Å². The summed E-state index contributed by atoms with van der Waals surface area (Å²) in [6.07, 6.45) is 1.73. The molecule has 126 valence electrons. The van der Waals surface area contributed by atoms with E-state index in [9.17, 15) is 4.79 Å². The van der Waals surface area contributed by atoms with Gasteiger partial charge in [-0.1, -0.05) is 60.7 Å². The molecule has 0 aliphatic rings. The highest BCUT2D eigenvalue weighted by molar-refractivity contribution is 14.1. The van der Waals surface area contributed by atoms with Crippen molar-refractivity contribution in [2.45, 2.75) is 0 Å². The second-order valence-electron chi connectivity index (χ2n) is 5.91. The zero-order valence-electron chi connectivity index (χ0n) is 13.8. The van der Waals surface area contributed by atoms with Crippen LogP contribution in [0.3, 0.4) is 0 Å². The van der Waals surface area contributed by atoms with Gasteiger partial charge in [0.2, 0.25) is 0 Å². The van der Waals surface area contributed by atoms with Crippen molar-refractivity contribution in [1.82, 2.24) is 5.43 Å². The Bertz CT molecular complexity index is 1100. The van der Waals surface area contributed by atoms with E-state index in [4.69, 9.17) is 0 Å². The summed E-state index contributed by atoms with van der Waals surface area (Å²) in [5, 5.41) is 8.75. The Kier molecular flexibility index (Phi) is 4.67. The fourth-order valence-electron chi connectivity index (χ4n) is 3.05. The molecule has 0 saturated heterocycles. The van der Waals surface area contributed by atoms with Crippen molar-refractivity contribution < 1.29 is 4.79 Å². The number of carbonyl (C=O) groups excluding carboxylic acids is 1. The fraction of sp³-hybridized carbons (Fsp3) is 0. The van der Waals surface area contributed by atoms with Gasteiger partial charge in [-0.3, -0.25) is 4.79 Å². The van der Waals surface area contributed by atoms with Gasteiger partial charge in [0, 0.05) is 9.13 Å². The van der Waals surface area contributed by atoms with E-state index in [0.717, 1.165) is 30.7 Å². The minimum atomic E-state index is -0.212. The highest BCUT2D eigenvalue weighted by Gasteiger charge is 2.08. The molecule has 3 nitrogen and oxygen atoms in total. The average molecular weight is 450 g/mol. The van der Waals surface area contributed by atoms with Gasteiger partial charge in [0.15, 0.2) is 0 Å². The molecule has 0 radical (unpaired) electrons. The number of carbonyl (C=O) groups is 1. The van der Waals surface area contributed by atoms with Crippen LogP contribution in [0.25, 0.3) is 21.5 Å². The number of nitrogens with zero attached hydrogens (tertiary/aromatic N) is 1. The number of hydrazone groups is 1. The molecular weight excluding hydrogens is 435 g/mol. The molecule has 1 N–H and O–H groups in total. The second-order valence-corrected chi connectivity index (χ2v) is 7.07. The van der Waals surface area contributed by atoms with Crippen LogP contribution in [0.2, 0.25) is 0 Å². The molecule has 0 fully saturated rings. The van der Waals surface area contributed by atoms with Crippen molar-refractivity contribution in [1.29, 1.82) is 0 Å². The third-order valence-electron chi connectivity index (χ3n) is 4.29. The molecule has 0 bridgehead atoms. The maximum absolute atomic E-state index is 12.4. The highest BCUT2D eigenvalue weighted by atomic mass is 127. The molecule has 0 saturated carbocycles. The summed E-state index contributed by atoms with van der Waals surface area (Å²) in [4.78, 5) is 12.4. The molecule has 0 unspecified atom stereocenters. The zero-order chi connectivity index (χ0) is 17.9. The molecule has 4 aromatic rings. The lowest BCUT2D eigenvalue weighted by Crippen LogP contribution is -2.18. The largest absolute Gasteiger partial charge is 0.272 e. The first-order valence-corrected chi connectivity index (χ1v) is 9.30. The maximum atomic E-state index is 12.4. The zero-order valence-corrected chi connectivity index (χ0v) is 16.0. The number of benzene rings is 4. The molecular formula is C22H15IN2O. The van der Waals surface area contributed by atoms with Crippen molar-refractivity contribution in [3.05, 3.63) is 93.6 Å². The fourth-order valence-corrected chi connectivity index (χ4v) is 3.68. The molecule has 4 rings (SSSR count). The quantitative estimate of drug-likeness (QED) is 0.194. The van der Waals surface area contributed by atoms with E-state index in [0.29, 0.717) is 5.56 Å². The van der Waals surface area contributed by atoms with Crippen molar-refractivity contribution in [3.63, 3.8) is 0 Å². The number of halogens is 1. The summed E-state index contributed by atoms with van der Waals surface area (Å²) in [5.41, 5.74) is 4.26. The molecule has 0 aliphatic heterocycles.